The zero-order valence-corrected chi connectivity index (χ0v) is 15.3. The van der Waals surface area contributed by atoms with Crippen LogP contribution in [0, 0.1) is 6.92 Å². The van der Waals surface area contributed by atoms with Crippen molar-refractivity contribution in [1.29, 1.82) is 0 Å². The van der Waals surface area contributed by atoms with Crippen LogP contribution in [0.4, 0.5) is 21.3 Å². The first-order chi connectivity index (χ1) is 12.5. The molecule has 0 unspecified atom stereocenters. The Kier molecular flexibility index (Phi) is 5.50. The van der Waals surface area contributed by atoms with Gasteiger partial charge >= 0.3 is 6.03 Å². The molecule has 3 aromatic rings. The van der Waals surface area contributed by atoms with Crippen LogP contribution in [0.3, 0.4) is 0 Å². The van der Waals surface area contributed by atoms with Gasteiger partial charge in [0.15, 0.2) is 5.13 Å². The summed E-state index contributed by atoms with van der Waals surface area (Å²) in [5.74, 6) is -0.379. The van der Waals surface area contributed by atoms with E-state index < -0.39 is 6.03 Å². The molecule has 8 heteroatoms. The van der Waals surface area contributed by atoms with Crippen molar-refractivity contribution in [2.45, 2.75) is 6.92 Å². The molecule has 26 heavy (non-hydrogen) atoms. The van der Waals surface area contributed by atoms with Gasteiger partial charge in [-0.25, -0.2) is 9.78 Å². The molecule has 0 aliphatic carbocycles. The number of carbonyl (C=O) groups is 2. The van der Waals surface area contributed by atoms with Gasteiger partial charge in [0.05, 0.1) is 0 Å². The second-order valence-corrected chi connectivity index (χ2v) is 6.74. The summed E-state index contributed by atoms with van der Waals surface area (Å²) in [6, 6.07) is 13.8. The molecule has 0 spiro atoms. The maximum Gasteiger partial charge on any atom is 0.325 e. The van der Waals surface area contributed by atoms with Crippen LogP contribution < -0.4 is 16.0 Å². The molecule has 0 radical (unpaired) electrons. The third-order valence-corrected chi connectivity index (χ3v) is 4.34. The molecule has 132 valence electrons. The number of hydrogen-bond donors (Lipinski definition) is 3. The lowest BCUT2D eigenvalue weighted by atomic mass is 10.2. The van der Waals surface area contributed by atoms with E-state index in [2.05, 4.69) is 20.9 Å². The van der Waals surface area contributed by atoms with Crippen molar-refractivity contribution < 1.29 is 9.59 Å². The fraction of sp³-hybridized carbons (Fsp3) is 0.0556. The minimum Gasteiger partial charge on any atom is -0.321 e. The normalized spacial score (nSPS) is 10.2. The summed E-state index contributed by atoms with van der Waals surface area (Å²) in [4.78, 5) is 28.3. The number of urea groups is 1. The van der Waals surface area contributed by atoms with Gasteiger partial charge in [-0.1, -0.05) is 35.4 Å². The predicted octanol–water partition coefficient (Wildman–Crippen LogP) is 5.00. The fourth-order valence-corrected chi connectivity index (χ4v) is 2.97. The summed E-state index contributed by atoms with van der Waals surface area (Å²) in [5, 5.41) is 10.4. The Morgan fingerprint density at radius 2 is 1.77 bits per heavy atom. The van der Waals surface area contributed by atoms with Gasteiger partial charge in [-0.3, -0.25) is 10.1 Å². The van der Waals surface area contributed by atoms with Crippen molar-refractivity contribution in [3.8, 4) is 0 Å². The lowest BCUT2D eigenvalue weighted by Gasteiger charge is -2.05. The Morgan fingerprint density at radius 1 is 1.00 bits per heavy atom. The molecular weight excluding hydrogens is 372 g/mol. The molecule has 2 aromatic carbocycles. The number of nitrogens with one attached hydrogen (secondary N) is 3. The average Bonchev–Trinajstić information content (AvgIpc) is 3.05. The molecule has 0 aliphatic heterocycles. The SMILES string of the molecule is Cc1ccc(NC(=O)Nc2nc(C(=O)Nc3cccc(Cl)c3)cs2)cc1. The van der Waals surface area contributed by atoms with E-state index in [1.165, 1.54) is 0 Å². The number of rotatable bonds is 4. The highest BCUT2D eigenvalue weighted by Gasteiger charge is 2.13. The molecule has 6 nitrogen and oxygen atoms in total. The molecule has 0 fully saturated rings. The minimum atomic E-state index is -0.426. The van der Waals surface area contributed by atoms with Gasteiger partial charge in [-0.05, 0) is 37.3 Å². The number of hydrogen-bond acceptors (Lipinski definition) is 4. The highest BCUT2D eigenvalue weighted by atomic mass is 35.5. The third-order valence-electron chi connectivity index (χ3n) is 3.35. The van der Waals surface area contributed by atoms with E-state index in [1.54, 1.807) is 41.8 Å². The molecular formula is C18H15ClN4O2S. The number of thiazole rings is 1. The second kappa shape index (κ2) is 7.99. The number of aromatic nitrogens is 1. The van der Waals surface area contributed by atoms with E-state index in [-0.39, 0.29) is 11.6 Å². The van der Waals surface area contributed by atoms with Crippen molar-refractivity contribution >= 4 is 51.4 Å². The van der Waals surface area contributed by atoms with Crippen LogP contribution in [0.25, 0.3) is 0 Å². The summed E-state index contributed by atoms with van der Waals surface area (Å²) >= 11 is 7.05. The minimum absolute atomic E-state index is 0.209. The first kappa shape index (κ1) is 17.9. The molecule has 3 rings (SSSR count). The molecule has 0 bridgehead atoms. The fourth-order valence-electron chi connectivity index (χ4n) is 2.09. The third kappa shape index (κ3) is 4.81. The molecule has 0 atom stereocenters. The second-order valence-electron chi connectivity index (χ2n) is 5.45. The smallest absolute Gasteiger partial charge is 0.321 e. The number of carbonyl (C=O) groups excluding carboxylic acids is 2. The largest absolute Gasteiger partial charge is 0.325 e. The summed E-state index contributed by atoms with van der Waals surface area (Å²) in [5.41, 5.74) is 2.55. The van der Waals surface area contributed by atoms with E-state index in [1.807, 2.05) is 19.1 Å². The van der Waals surface area contributed by atoms with Crippen LogP contribution in [-0.2, 0) is 0 Å². The van der Waals surface area contributed by atoms with Gasteiger partial charge in [0.2, 0.25) is 0 Å². The molecule has 0 aliphatic rings. The van der Waals surface area contributed by atoms with E-state index in [4.69, 9.17) is 11.6 Å². The van der Waals surface area contributed by atoms with Crippen molar-refractivity contribution in [1.82, 2.24) is 4.98 Å². The van der Waals surface area contributed by atoms with Crippen molar-refractivity contribution in [2.75, 3.05) is 16.0 Å². The lowest BCUT2D eigenvalue weighted by Crippen LogP contribution is -2.19. The highest BCUT2D eigenvalue weighted by molar-refractivity contribution is 7.14. The van der Waals surface area contributed by atoms with E-state index >= 15 is 0 Å². The van der Waals surface area contributed by atoms with Gasteiger partial charge in [-0.15, -0.1) is 11.3 Å². The first-order valence-corrected chi connectivity index (χ1v) is 8.92. The number of aryl methyl sites for hydroxylation is 1. The molecule has 1 aromatic heterocycles. The Morgan fingerprint density at radius 3 is 2.50 bits per heavy atom. The van der Waals surface area contributed by atoms with Crippen LogP contribution in [0.15, 0.2) is 53.9 Å². The summed E-state index contributed by atoms with van der Waals surface area (Å²) in [6.45, 7) is 1.97. The molecule has 0 saturated carbocycles. The highest BCUT2D eigenvalue weighted by Crippen LogP contribution is 2.19. The maximum absolute atomic E-state index is 12.2. The number of nitrogens with zero attached hydrogens (tertiary/aromatic N) is 1. The van der Waals surface area contributed by atoms with Crippen LogP contribution in [-0.4, -0.2) is 16.9 Å². The Balaban J connectivity index is 1.59. The Labute approximate surface area is 159 Å². The zero-order chi connectivity index (χ0) is 18.5. The van der Waals surface area contributed by atoms with Crippen LogP contribution in [0.2, 0.25) is 5.02 Å². The van der Waals surface area contributed by atoms with Crippen LogP contribution in [0.1, 0.15) is 16.1 Å². The number of benzene rings is 2. The number of halogens is 1. The molecule has 3 N–H and O–H groups in total. The maximum atomic E-state index is 12.2. The molecule has 0 saturated heterocycles. The molecule has 1 heterocycles. The Hall–Kier alpha value is -2.90. The Bertz CT molecular complexity index is 940. The van der Waals surface area contributed by atoms with Gasteiger partial charge < -0.3 is 10.6 Å². The number of amides is 3. The average molecular weight is 387 g/mol. The monoisotopic (exact) mass is 386 g/mol. The summed E-state index contributed by atoms with van der Waals surface area (Å²) < 4.78 is 0. The van der Waals surface area contributed by atoms with Gasteiger partial charge in [0, 0.05) is 21.8 Å². The quantitative estimate of drug-likeness (QED) is 0.589. The van der Waals surface area contributed by atoms with Gasteiger partial charge in [0.1, 0.15) is 5.69 Å². The first-order valence-electron chi connectivity index (χ1n) is 7.67. The van der Waals surface area contributed by atoms with Crippen molar-refractivity contribution in [2.24, 2.45) is 0 Å². The topological polar surface area (TPSA) is 83.1 Å². The predicted molar refractivity (Wildman–Crippen MR) is 105 cm³/mol. The van der Waals surface area contributed by atoms with Gasteiger partial charge in [0.25, 0.3) is 5.91 Å². The zero-order valence-electron chi connectivity index (χ0n) is 13.7. The molecule has 3 amide bonds. The van der Waals surface area contributed by atoms with Crippen molar-refractivity contribution in [3.05, 3.63) is 70.2 Å². The summed E-state index contributed by atoms with van der Waals surface area (Å²) in [7, 11) is 0. The van der Waals surface area contributed by atoms with Crippen LogP contribution in [0.5, 0.6) is 0 Å². The standard InChI is InChI=1S/C18H15ClN4O2S/c1-11-5-7-13(8-6-11)21-17(25)23-18-22-15(10-26-18)16(24)20-14-4-2-3-12(19)9-14/h2-10H,1H3,(H,20,24)(H2,21,22,23,25). The summed E-state index contributed by atoms with van der Waals surface area (Å²) in [6.07, 6.45) is 0. The van der Waals surface area contributed by atoms with Gasteiger partial charge in [-0.2, -0.15) is 0 Å². The lowest BCUT2D eigenvalue weighted by molar-refractivity contribution is 0.102. The number of anilines is 3. The van der Waals surface area contributed by atoms with E-state index in [0.29, 0.717) is 21.5 Å². The van der Waals surface area contributed by atoms with Crippen molar-refractivity contribution in [3.63, 3.8) is 0 Å². The van der Waals surface area contributed by atoms with Crippen LogP contribution >= 0.6 is 22.9 Å². The van der Waals surface area contributed by atoms with E-state index in [9.17, 15) is 9.59 Å². The van der Waals surface area contributed by atoms with E-state index in [0.717, 1.165) is 16.9 Å².